The van der Waals surface area contributed by atoms with E-state index in [4.69, 9.17) is 0 Å². The number of anilines is 2. The van der Waals surface area contributed by atoms with Gasteiger partial charge in [0, 0.05) is 61.9 Å². The van der Waals surface area contributed by atoms with E-state index in [1.54, 1.807) is 36.8 Å². The molecule has 0 spiro atoms. The van der Waals surface area contributed by atoms with E-state index in [1.807, 2.05) is 35.3 Å². The van der Waals surface area contributed by atoms with E-state index in [2.05, 4.69) is 30.2 Å². The molecule has 12 heteroatoms. The molecule has 2 aromatic carbocycles. The van der Waals surface area contributed by atoms with E-state index in [1.165, 1.54) is 12.1 Å². The fourth-order valence-electron chi connectivity index (χ4n) is 4.88. The summed E-state index contributed by atoms with van der Waals surface area (Å²) in [4.78, 5) is 38.0. The van der Waals surface area contributed by atoms with Crippen LogP contribution in [0.15, 0.2) is 61.1 Å². The van der Waals surface area contributed by atoms with Gasteiger partial charge in [0.1, 0.15) is 5.75 Å². The third-order valence-electron chi connectivity index (χ3n) is 6.92. The van der Waals surface area contributed by atoms with Gasteiger partial charge in [-0.2, -0.15) is 8.78 Å². The lowest BCUT2D eigenvalue weighted by atomic mass is 10.1. The van der Waals surface area contributed by atoms with E-state index in [-0.39, 0.29) is 17.6 Å². The summed E-state index contributed by atoms with van der Waals surface area (Å²) in [5.74, 6) is 0.574. The minimum atomic E-state index is -2.88. The zero-order valence-corrected chi connectivity index (χ0v) is 22.8. The molecule has 2 aromatic heterocycles. The molecule has 0 radical (unpaired) electrons. The molecule has 1 saturated heterocycles. The molecule has 1 aliphatic rings. The normalized spacial score (nSPS) is 13.9. The Morgan fingerprint density at radius 1 is 1.05 bits per heavy atom. The summed E-state index contributed by atoms with van der Waals surface area (Å²) in [5, 5.41) is 6.10. The summed E-state index contributed by atoms with van der Waals surface area (Å²) in [5.41, 5.74) is 4.33. The number of piperazine rings is 1. The second-order valence-corrected chi connectivity index (χ2v) is 9.69. The molecule has 10 nitrogen and oxygen atoms in total. The molecule has 214 valence electrons. The molecule has 0 aliphatic carbocycles. The van der Waals surface area contributed by atoms with Crippen molar-refractivity contribution in [3.63, 3.8) is 0 Å². The number of hydrogen-bond acceptors (Lipinski definition) is 7. The van der Waals surface area contributed by atoms with Gasteiger partial charge in [0.2, 0.25) is 5.91 Å². The largest absolute Gasteiger partial charge is 0.435 e. The van der Waals surface area contributed by atoms with E-state index in [9.17, 15) is 18.4 Å². The maximum absolute atomic E-state index is 13.2. The fraction of sp³-hybridized carbons (Fsp3) is 0.310. The van der Waals surface area contributed by atoms with Crippen LogP contribution in [0, 0.1) is 6.92 Å². The average molecular weight is 564 g/mol. The Kier molecular flexibility index (Phi) is 8.39. The number of likely N-dealkylation sites (N-methyl/N-ethyl adjacent to an activating group) is 1. The maximum Gasteiger partial charge on any atom is 0.387 e. The van der Waals surface area contributed by atoms with Gasteiger partial charge in [0.25, 0.3) is 5.91 Å². The van der Waals surface area contributed by atoms with Gasteiger partial charge < -0.3 is 20.3 Å². The first kappa shape index (κ1) is 28.0. The molecule has 0 saturated carbocycles. The van der Waals surface area contributed by atoms with Crippen LogP contribution in [0.3, 0.4) is 0 Å². The second-order valence-electron chi connectivity index (χ2n) is 9.69. The SMILES string of the molecule is CCNC(=O)CN1CCN(C(=O)c2ccc(Nc3nccn4c(-c5ccc(OC(F)F)cc5)cnc34)cc2C)CC1. The summed E-state index contributed by atoms with van der Waals surface area (Å²) in [6.45, 7) is 4.28. The topological polar surface area (TPSA) is 104 Å². The molecule has 1 aliphatic heterocycles. The third kappa shape index (κ3) is 6.43. The lowest BCUT2D eigenvalue weighted by Crippen LogP contribution is -2.51. The van der Waals surface area contributed by atoms with Crippen LogP contribution >= 0.6 is 0 Å². The van der Waals surface area contributed by atoms with Crippen LogP contribution < -0.4 is 15.4 Å². The van der Waals surface area contributed by atoms with E-state index in [0.717, 1.165) is 22.5 Å². The van der Waals surface area contributed by atoms with Crippen LogP contribution in [-0.4, -0.2) is 81.9 Å². The number of amides is 2. The first-order valence-corrected chi connectivity index (χ1v) is 13.4. The van der Waals surface area contributed by atoms with Gasteiger partial charge in [-0.15, -0.1) is 0 Å². The highest BCUT2D eigenvalue weighted by Crippen LogP contribution is 2.28. The summed E-state index contributed by atoms with van der Waals surface area (Å²) < 4.78 is 31.3. The smallest absolute Gasteiger partial charge is 0.387 e. The van der Waals surface area contributed by atoms with E-state index < -0.39 is 6.61 Å². The Morgan fingerprint density at radius 2 is 1.80 bits per heavy atom. The summed E-state index contributed by atoms with van der Waals surface area (Å²) in [6, 6.07) is 11.9. The van der Waals surface area contributed by atoms with Crippen molar-refractivity contribution in [2.24, 2.45) is 0 Å². The number of ether oxygens (including phenoxy) is 1. The van der Waals surface area contributed by atoms with Crippen LogP contribution in [0.2, 0.25) is 0 Å². The molecule has 3 heterocycles. The Morgan fingerprint density at radius 3 is 2.49 bits per heavy atom. The number of nitrogens with one attached hydrogen (secondary N) is 2. The highest BCUT2D eigenvalue weighted by molar-refractivity contribution is 5.96. The highest BCUT2D eigenvalue weighted by atomic mass is 19.3. The summed E-state index contributed by atoms with van der Waals surface area (Å²) >= 11 is 0. The number of carbonyl (C=O) groups is 2. The summed E-state index contributed by atoms with van der Waals surface area (Å²) in [6.07, 6.45) is 5.11. The molecule has 5 rings (SSSR count). The minimum absolute atomic E-state index is 0.000627. The Hall–Kier alpha value is -4.58. The standard InChI is InChI=1S/C29H31F2N7O3/c1-3-32-25(39)18-36-12-14-37(15-13-36)28(40)23-9-6-21(16-19(23)2)35-26-27-34-17-24(38(27)11-10-33-26)20-4-7-22(8-5-20)41-29(30)31/h4-11,16-17,29H,3,12-15,18H2,1-2H3,(H,32,39)(H,33,35). The van der Waals surface area contributed by atoms with Gasteiger partial charge in [0.15, 0.2) is 11.5 Å². The van der Waals surface area contributed by atoms with Crippen molar-refractivity contribution in [1.29, 1.82) is 0 Å². The van der Waals surface area contributed by atoms with Crippen molar-refractivity contribution in [3.05, 3.63) is 72.2 Å². The van der Waals surface area contributed by atoms with E-state index in [0.29, 0.717) is 56.3 Å². The van der Waals surface area contributed by atoms with Crippen LogP contribution in [-0.2, 0) is 4.79 Å². The molecule has 1 fully saturated rings. The predicted molar refractivity (Wildman–Crippen MR) is 151 cm³/mol. The zero-order chi connectivity index (χ0) is 28.9. The van der Waals surface area contributed by atoms with Gasteiger partial charge in [0.05, 0.1) is 18.4 Å². The van der Waals surface area contributed by atoms with Crippen molar-refractivity contribution in [2.45, 2.75) is 20.5 Å². The quantitative estimate of drug-likeness (QED) is 0.318. The maximum atomic E-state index is 13.2. The van der Waals surface area contributed by atoms with E-state index >= 15 is 0 Å². The fourth-order valence-corrected chi connectivity index (χ4v) is 4.88. The van der Waals surface area contributed by atoms with Gasteiger partial charge in [-0.1, -0.05) is 0 Å². The zero-order valence-electron chi connectivity index (χ0n) is 22.8. The highest BCUT2D eigenvalue weighted by Gasteiger charge is 2.24. The monoisotopic (exact) mass is 563 g/mol. The van der Waals surface area contributed by atoms with Crippen molar-refractivity contribution in [1.82, 2.24) is 29.5 Å². The predicted octanol–water partition coefficient (Wildman–Crippen LogP) is 3.94. The Bertz CT molecular complexity index is 1530. The Labute approximate surface area is 235 Å². The first-order valence-electron chi connectivity index (χ1n) is 13.4. The number of imidazole rings is 1. The molecule has 0 bridgehead atoms. The van der Waals surface area contributed by atoms with Crippen LogP contribution in [0.5, 0.6) is 5.75 Å². The number of hydrogen-bond donors (Lipinski definition) is 2. The second kappa shape index (κ2) is 12.3. The number of halogens is 2. The van der Waals surface area contributed by atoms with Gasteiger partial charge in [-0.25, -0.2) is 9.97 Å². The number of rotatable bonds is 9. The number of aryl methyl sites for hydroxylation is 1. The number of carbonyl (C=O) groups excluding carboxylic acids is 2. The van der Waals surface area contributed by atoms with Gasteiger partial charge >= 0.3 is 6.61 Å². The number of aromatic nitrogens is 3. The van der Waals surface area contributed by atoms with Crippen LogP contribution in [0.1, 0.15) is 22.8 Å². The van der Waals surface area contributed by atoms with Crippen molar-refractivity contribution in [3.8, 4) is 17.0 Å². The summed E-state index contributed by atoms with van der Waals surface area (Å²) in [7, 11) is 0. The number of alkyl halides is 2. The lowest BCUT2D eigenvalue weighted by Gasteiger charge is -2.34. The number of nitrogens with zero attached hydrogens (tertiary/aromatic N) is 5. The average Bonchev–Trinajstić information content (AvgIpc) is 3.39. The van der Waals surface area contributed by atoms with Crippen molar-refractivity contribution >= 4 is 29.0 Å². The molecule has 41 heavy (non-hydrogen) atoms. The lowest BCUT2D eigenvalue weighted by molar-refractivity contribution is -0.122. The van der Waals surface area contributed by atoms with Crippen LogP contribution in [0.25, 0.3) is 16.9 Å². The van der Waals surface area contributed by atoms with Gasteiger partial charge in [-0.05, 0) is 61.9 Å². The minimum Gasteiger partial charge on any atom is -0.435 e. The molecule has 4 aromatic rings. The Balaban J connectivity index is 1.26. The third-order valence-corrected chi connectivity index (χ3v) is 6.92. The molecule has 0 atom stereocenters. The number of fused-ring (bicyclic) bond motifs is 1. The number of benzene rings is 2. The molecular formula is C29H31F2N7O3. The molecule has 2 amide bonds. The van der Waals surface area contributed by atoms with Crippen molar-refractivity contribution in [2.75, 3.05) is 44.6 Å². The van der Waals surface area contributed by atoms with Gasteiger partial charge in [-0.3, -0.25) is 18.9 Å². The molecular weight excluding hydrogens is 532 g/mol. The molecule has 0 unspecified atom stereocenters. The van der Waals surface area contributed by atoms with Crippen molar-refractivity contribution < 1.29 is 23.1 Å². The van der Waals surface area contributed by atoms with Crippen LogP contribution in [0.4, 0.5) is 20.3 Å². The molecule has 2 N–H and O–H groups in total. The first-order chi connectivity index (χ1) is 19.8.